The topological polar surface area (TPSA) is 15.3 Å². The molecule has 0 aromatic heterocycles. The van der Waals surface area contributed by atoms with E-state index in [2.05, 4.69) is 38.0 Å². The molecule has 1 rings (SSSR count). The number of nitrogens with zero attached hydrogens (tertiary/aromatic N) is 1. The predicted octanol–water partition coefficient (Wildman–Crippen LogP) is 3.28. The lowest BCUT2D eigenvalue weighted by Gasteiger charge is -2.33. The summed E-state index contributed by atoms with van der Waals surface area (Å²) in [5, 5.41) is 3.69. The van der Waals surface area contributed by atoms with E-state index in [9.17, 15) is 0 Å². The van der Waals surface area contributed by atoms with Gasteiger partial charge >= 0.3 is 0 Å². The van der Waals surface area contributed by atoms with Crippen LogP contribution in [-0.4, -0.2) is 37.1 Å². The van der Waals surface area contributed by atoms with Crippen molar-refractivity contribution in [1.29, 1.82) is 0 Å². The van der Waals surface area contributed by atoms with Crippen LogP contribution in [0.3, 0.4) is 0 Å². The SMILES string of the molecule is CCC(C)CC(C)NCCC1CCCCN1C. The number of likely N-dealkylation sites (tertiary alicyclic amines) is 1. The van der Waals surface area contributed by atoms with E-state index in [0.29, 0.717) is 6.04 Å². The van der Waals surface area contributed by atoms with Crippen molar-refractivity contribution in [1.82, 2.24) is 10.2 Å². The minimum atomic E-state index is 0.679. The third kappa shape index (κ3) is 5.87. The fraction of sp³-hybridized carbons (Fsp3) is 1.00. The van der Waals surface area contributed by atoms with Crippen molar-refractivity contribution < 1.29 is 0 Å². The van der Waals surface area contributed by atoms with Gasteiger partial charge in [0.25, 0.3) is 0 Å². The maximum absolute atomic E-state index is 3.69. The monoisotopic (exact) mass is 240 g/mol. The molecule has 1 aliphatic heterocycles. The molecular weight excluding hydrogens is 208 g/mol. The second-order valence-corrected chi connectivity index (χ2v) is 6.02. The van der Waals surface area contributed by atoms with Crippen molar-refractivity contribution in [3.63, 3.8) is 0 Å². The first-order valence-corrected chi connectivity index (χ1v) is 7.57. The van der Waals surface area contributed by atoms with Crippen LogP contribution in [-0.2, 0) is 0 Å². The van der Waals surface area contributed by atoms with Gasteiger partial charge in [0.15, 0.2) is 0 Å². The molecule has 3 unspecified atom stereocenters. The van der Waals surface area contributed by atoms with E-state index < -0.39 is 0 Å². The molecule has 17 heavy (non-hydrogen) atoms. The Balaban J connectivity index is 2.09. The Morgan fingerprint density at radius 1 is 1.29 bits per heavy atom. The Bertz CT molecular complexity index is 193. The van der Waals surface area contributed by atoms with Gasteiger partial charge in [-0.25, -0.2) is 0 Å². The summed E-state index contributed by atoms with van der Waals surface area (Å²) >= 11 is 0. The number of nitrogens with one attached hydrogen (secondary N) is 1. The molecule has 1 N–H and O–H groups in total. The predicted molar refractivity (Wildman–Crippen MR) is 76.4 cm³/mol. The van der Waals surface area contributed by atoms with Crippen LogP contribution in [0.5, 0.6) is 0 Å². The lowest BCUT2D eigenvalue weighted by Crippen LogP contribution is -2.39. The fourth-order valence-electron chi connectivity index (χ4n) is 2.86. The van der Waals surface area contributed by atoms with Gasteiger partial charge in [-0.2, -0.15) is 0 Å². The van der Waals surface area contributed by atoms with E-state index in [1.807, 2.05) is 0 Å². The van der Waals surface area contributed by atoms with Crippen molar-refractivity contribution in [3.05, 3.63) is 0 Å². The second kappa shape index (κ2) is 8.10. The normalized spacial score (nSPS) is 25.8. The number of rotatable bonds is 7. The van der Waals surface area contributed by atoms with Crippen LogP contribution in [0.4, 0.5) is 0 Å². The van der Waals surface area contributed by atoms with Gasteiger partial charge in [-0.3, -0.25) is 0 Å². The number of hydrogen-bond acceptors (Lipinski definition) is 2. The third-order valence-corrected chi connectivity index (χ3v) is 4.34. The van der Waals surface area contributed by atoms with Crippen molar-refractivity contribution >= 4 is 0 Å². The molecule has 2 heteroatoms. The molecule has 2 nitrogen and oxygen atoms in total. The molecule has 102 valence electrons. The van der Waals surface area contributed by atoms with E-state index in [1.165, 1.54) is 51.6 Å². The van der Waals surface area contributed by atoms with E-state index in [0.717, 1.165) is 12.0 Å². The fourth-order valence-corrected chi connectivity index (χ4v) is 2.86. The summed E-state index contributed by atoms with van der Waals surface area (Å²) in [5.74, 6) is 0.856. The maximum atomic E-state index is 3.69. The summed E-state index contributed by atoms with van der Waals surface area (Å²) in [5.41, 5.74) is 0. The van der Waals surface area contributed by atoms with E-state index in [4.69, 9.17) is 0 Å². The number of piperidine rings is 1. The first-order chi connectivity index (χ1) is 8.13. The largest absolute Gasteiger partial charge is 0.314 e. The van der Waals surface area contributed by atoms with Crippen LogP contribution < -0.4 is 5.32 Å². The Morgan fingerprint density at radius 3 is 2.71 bits per heavy atom. The minimum absolute atomic E-state index is 0.679. The van der Waals surface area contributed by atoms with Gasteiger partial charge in [0, 0.05) is 12.1 Å². The van der Waals surface area contributed by atoms with Crippen LogP contribution >= 0.6 is 0 Å². The summed E-state index contributed by atoms with van der Waals surface area (Å²) in [6, 6.07) is 1.51. The third-order valence-electron chi connectivity index (χ3n) is 4.34. The van der Waals surface area contributed by atoms with Gasteiger partial charge in [0.05, 0.1) is 0 Å². The van der Waals surface area contributed by atoms with Crippen LogP contribution in [0.2, 0.25) is 0 Å². The average Bonchev–Trinajstić information content (AvgIpc) is 2.31. The quantitative estimate of drug-likeness (QED) is 0.735. The molecule has 1 fully saturated rings. The van der Waals surface area contributed by atoms with Gasteiger partial charge in [-0.05, 0) is 58.7 Å². The lowest BCUT2D eigenvalue weighted by molar-refractivity contribution is 0.174. The first kappa shape index (κ1) is 15.0. The molecule has 0 radical (unpaired) electrons. The van der Waals surface area contributed by atoms with Crippen LogP contribution in [0.25, 0.3) is 0 Å². The Hall–Kier alpha value is -0.0800. The maximum Gasteiger partial charge on any atom is 0.0104 e. The molecular formula is C15H32N2. The Labute approximate surface area is 108 Å². The highest BCUT2D eigenvalue weighted by atomic mass is 15.1. The van der Waals surface area contributed by atoms with E-state index >= 15 is 0 Å². The Morgan fingerprint density at radius 2 is 2.06 bits per heavy atom. The van der Waals surface area contributed by atoms with Gasteiger partial charge in [-0.15, -0.1) is 0 Å². The van der Waals surface area contributed by atoms with E-state index in [1.54, 1.807) is 0 Å². The molecule has 1 saturated heterocycles. The zero-order chi connectivity index (χ0) is 12.7. The zero-order valence-electron chi connectivity index (χ0n) is 12.3. The van der Waals surface area contributed by atoms with Crippen LogP contribution in [0.1, 0.15) is 59.3 Å². The highest BCUT2D eigenvalue weighted by molar-refractivity contribution is 4.75. The molecule has 1 aliphatic rings. The van der Waals surface area contributed by atoms with Crippen LogP contribution in [0, 0.1) is 5.92 Å². The molecule has 0 aromatic rings. The molecule has 0 bridgehead atoms. The van der Waals surface area contributed by atoms with Crippen molar-refractivity contribution in [2.45, 2.75) is 71.4 Å². The average molecular weight is 240 g/mol. The summed E-state index contributed by atoms with van der Waals surface area (Å²) in [4.78, 5) is 2.55. The van der Waals surface area contributed by atoms with Gasteiger partial charge in [0.2, 0.25) is 0 Å². The summed E-state index contributed by atoms with van der Waals surface area (Å²) in [6.45, 7) is 9.46. The second-order valence-electron chi connectivity index (χ2n) is 6.02. The highest BCUT2D eigenvalue weighted by Crippen LogP contribution is 2.17. The minimum Gasteiger partial charge on any atom is -0.314 e. The molecule has 0 spiro atoms. The van der Waals surface area contributed by atoms with Gasteiger partial charge in [0.1, 0.15) is 0 Å². The molecule has 3 atom stereocenters. The first-order valence-electron chi connectivity index (χ1n) is 7.57. The lowest BCUT2D eigenvalue weighted by atomic mass is 9.98. The van der Waals surface area contributed by atoms with Crippen molar-refractivity contribution in [2.24, 2.45) is 5.92 Å². The van der Waals surface area contributed by atoms with Crippen molar-refractivity contribution in [2.75, 3.05) is 20.1 Å². The summed E-state index contributed by atoms with van der Waals surface area (Å²) in [7, 11) is 2.28. The molecule has 0 amide bonds. The standard InChI is InChI=1S/C15H32N2/c1-5-13(2)12-14(3)16-10-9-15-8-6-7-11-17(15)4/h13-16H,5-12H2,1-4H3. The molecule has 0 saturated carbocycles. The van der Waals surface area contributed by atoms with Crippen LogP contribution in [0.15, 0.2) is 0 Å². The molecule has 0 aromatic carbocycles. The van der Waals surface area contributed by atoms with E-state index in [-0.39, 0.29) is 0 Å². The molecule has 0 aliphatic carbocycles. The van der Waals surface area contributed by atoms with Gasteiger partial charge in [-0.1, -0.05) is 26.7 Å². The smallest absolute Gasteiger partial charge is 0.0104 e. The summed E-state index contributed by atoms with van der Waals surface area (Å²) in [6.07, 6.45) is 8.16. The Kier molecular flexibility index (Phi) is 7.14. The summed E-state index contributed by atoms with van der Waals surface area (Å²) < 4.78 is 0. The zero-order valence-corrected chi connectivity index (χ0v) is 12.3. The van der Waals surface area contributed by atoms with Gasteiger partial charge < -0.3 is 10.2 Å². The highest BCUT2D eigenvalue weighted by Gasteiger charge is 2.18. The number of hydrogen-bond donors (Lipinski definition) is 1. The molecule has 1 heterocycles. The van der Waals surface area contributed by atoms with Crippen molar-refractivity contribution in [3.8, 4) is 0 Å².